The lowest BCUT2D eigenvalue weighted by Crippen LogP contribution is -2.32. The Morgan fingerprint density at radius 2 is 1.90 bits per heavy atom. The number of dihydropyridines is 1. The maximum atomic E-state index is 13.1. The molecule has 0 radical (unpaired) electrons. The van der Waals surface area contributed by atoms with Crippen molar-refractivity contribution in [3.8, 4) is 6.07 Å². The number of allylic oxidation sites excluding steroid dienone is 3. The van der Waals surface area contributed by atoms with E-state index in [0.29, 0.717) is 44.8 Å². The summed E-state index contributed by atoms with van der Waals surface area (Å²) in [7, 11) is 0. The third kappa shape index (κ3) is 3.81. The second-order valence-corrected chi connectivity index (χ2v) is 8.19. The van der Waals surface area contributed by atoms with E-state index in [9.17, 15) is 14.9 Å². The number of nitrogens with one attached hydrogen (secondary N) is 1. The van der Waals surface area contributed by atoms with Crippen LogP contribution in [0.4, 0.5) is 0 Å². The summed E-state index contributed by atoms with van der Waals surface area (Å²) in [5, 5.41) is 13.4. The van der Waals surface area contributed by atoms with Crippen molar-refractivity contribution < 1.29 is 13.9 Å². The molecule has 1 atom stereocenters. The van der Waals surface area contributed by atoms with Gasteiger partial charge in [0.25, 0.3) is 0 Å². The van der Waals surface area contributed by atoms with E-state index >= 15 is 0 Å². The number of benzene rings is 1. The summed E-state index contributed by atoms with van der Waals surface area (Å²) >= 11 is 0. The molecule has 2 aromatic rings. The topological polar surface area (TPSA) is 92.3 Å². The van der Waals surface area contributed by atoms with Crippen molar-refractivity contribution in [1.29, 1.82) is 5.26 Å². The summed E-state index contributed by atoms with van der Waals surface area (Å²) in [6, 6.07) is 8.84. The number of para-hydroxylation sites is 1. The summed E-state index contributed by atoms with van der Waals surface area (Å²) in [6.45, 7) is 10.6. The number of ether oxygens (including phenoxy) is 1. The first kappa shape index (κ1) is 20.4. The van der Waals surface area contributed by atoms with Crippen LogP contribution in [0.3, 0.4) is 0 Å². The third-order valence-corrected chi connectivity index (χ3v) is 4.72. The fraction of sp³-hybridized carbons (Fsp3) is 0.348. The summed E-state index contributed by atoms with van der Waals surface area (Å²) in [4.78, 5) is 25.6. The van der Waals surface area contributed by atoms with Gasteiger partial charge >= 0.3 is 5.97 Å². The molecule has 6 nitrogen and oxygen atoms in total. The predicted octanol–water partition coefficient (Wildman–Crippen LogP) is 4.20. The molecule has 2 heterocycles. The Kier molecular flexibility index (Phi) is 5.10. The Morgan fingerprint density at radius 3 is 2.52 bits per heavy atom. The number of hydrogen-bond donors (Lipinski definition) is 1. The molecule has 0 spiro atoms. The van der Waals surface area contributed by atoms with Gasteiger partial charge in [0, 0.05) is 23.0 Å². The minimum Gasteiger partial charge on any atom is -0.461 e. The summed E-state index contributed by atoms with van der Waals surface area (Å²) in [5.74, 6) is -0.757. The molecule has 29 heavy (non-hydrogen) atoms. The Labute approximate surface area is 169 Å². The third-order valence-electron chi connectivity index (χ3n) is 4.72. The lowest BCUT2D eigenvalue weighted by atomic mass is 9.80. The van der Waals surface area contributed by atoms with Gasteiger partial charge in [-0.25, -0.2) is 4.79 Å². The molecule has 1 aromatic heterocycles. The molecule has 1 aromatic carbocycles. The number of nitriles is 1. The molecule has 1 aliphatic rings. The Hall–Kier alpha value is -3.33. The zero-order valence-electron chi connectivity index (χ0n) is 17.5. The van der Waals surface area contributed by atoms with Crippen LogP contribution < -0.4 is 10.7 Å². The van der Waals surface area contributed by atoms with Gasteiger partial charge in [0.15, 0.2) is 5.43 Å². The van der Waals surface area contributed by atoms with Gasteiger partial charge in [-0.3, -0.25) is 4.79 Å². The number of esters is 1. The molecule has 1 aliphatic heterocycles. The zero-order chi connectivity index (χ0) is 21.5. The van der Waals surface area contributed by atoms with Crippen molar-refractivity contribution in [3.05, 3.63) is 68.4 Å². The van der Waals surface area contributed by atoms with Gasteiger partial charge < -0.3 is 14.5 Å². The van der Waals surface area contributed by atoms with Crippen LogP contribution in [0, 0.1) is 18.3 Å². The fourth-order valence-corrected chi connectivity index (χ4v) is 3.60. The Balaban J connectivity index is 2.32. The lowest BCUT2D eigenvalue weighted by Gasteiger charge is -2.30. The van der Waals surface area contributed by atoms with E-state index in [4.69, 9.17) is 9.15 Å². The van der Waals surface area contributed by atoms with E-state index in [-0.39, 0.29) is 5.43 Å². The van der Waals surface area contributed by atoms with Crippen LogP contribution in [0.1, 0.15) is 51.9 Å². The van der Waals surface area contributed by atoms with E-state index in [1.807, 2.05) is 0 Å². The van der Waals surface area contributed by atoms with E-state index in [0.717, 1.165) is 0 Å². The molecule has 1 N–H and O–H groups in total. The van der Waals surface area contributed by atoms with Gasteiger partial charge in [-0.2, -0.15) is 5.26 Å². The van der Waals surface area contributed by atoms with Gasteiger partial charge in [0.2, 0.25) is 0 Å². The molecule has 150 valence electrons. The van der Waals surface area contributed by atoms with E-state index < -0.39 is 17.5 Å². The quantitative estimate of drug-likeness (QED) is 0.770. The fourth-order valence-electron chi connectivity index (χ4n) is 3.60. The van der Waals surface area contributed by atoms with E-state index in [1.54, 1.807) is 59.7 Å². The number of nitrogens with zero attached hydrogens (tertiary/aromatic N) is 1. The van der Waals surface area contributed by atoms with Gasteiger partial charge in [0.05, 0.1) is 28.5 Å². The van der Waals surface area contributed by atoms with Crippen molar-refractivity contribution in [2.24, 2.45) is 0 Å². The number of rotatable bonds is 2. The highest BCUT2D eigenvalue weighted by Gasteiger charge is 2.37. The van der Waals surface area contributed by atoms with Crippen LogP contribution in [0.5, 0.6) is 0 Å². The van der Waals surface area contributed by atoms with Crippen LogP contribution >= 0.6 is 0 Å². The van der Waals surface area contributed by atoms with Crippen molar-refractivity contribution >= 4 is 16.9 Å². The minimum absolute atomic E-state index is 0.168. The maximum Gasteiger partial charge on any atom is 0.337 e. The number of aryl methyl sites for hydroxylation is 1. The van der Waals surface area contributed by atoms with Crippen LogP contribution in [-0.2, 0) is 9.53 Å². The van der Waals surface area contributed by atoms with Crippen molar-refractivity contribution in [1.82, 2.24) is 5.32 Å². The summed E-state index contributed by atoms with van der Waals surface area (Å²) in [5.41, 5.74) is 2.06. The van der Waals surface area contributed by atoms with Crippen LogP contribution in [0.2, 0.25) is 0 Å². The van der Waals surface area contributed by atoms with Gasteiger partial charge in [-0.05, 0) is 47.6 Å². The van der Waals surface area contributed by atoms with Crippen molar-refractivity contribution in [2.45, 2.75) is 53.1 Å². The first-order chi connectivity index (χ1) is 13.5. The molecule has 0 saturated carbocycles. The smallest absolute Gasteiger partial charge is 0.337 e. The van der Waals surface area contributed by atoms with Crippen LogP contribution in [0.15, 0.2) is 56.0 Å². The monoisotopic (exact) mass is 392 g/mol. The largest absolute Gasteiger partial charge is 0.461 e. The first-order valence-electron chi connectivity index (χ1n) is 9.39. The second-order valence-electron chi connectivity index (χ2n) is 8.19. The van der Waals surface area contributed by atoms with E-state index in [2.05, 4.69) is 11.4 Å². The highest BCUT2D eigenvalue weighted by Crippen LogP contribution is 2.41. The summed E-state index contributed by atoms with van der Waals surface area (Å²) < 4.78 is 11.5. The molecule has 3 rings (SSSR count). The molecule has 0 aliphatic carbocycles. The van der Waals surface area contributed by atoms with Gasteiger partial charge in [0.1, 0.15) is 16.9 Å². The standard InChI is InChI=1S/C23H24N2O4/c1-12-10-18(26)15-8-7-9-16(21(15)28-12)20-17(11-24)13(2)25-14(3)19(20)22(27)29-23(4,5)6/h7-10,20,25H,1-6H3. The lowest BCUT2D eigenvalue weighted by molar-refractivity contribution is -0.150. The van der Waals surface area contributed by atoms with Gasteiger partial charge in [-0.1, -0.05) is 12.1 Å². The van der Waals surface area contributed by atoms with Crippen molar-refractivity contribution in [2.75, 3.05) is 0 Å². The maximum absolute atomic E-state index is 13.1. The Bertz CT molecular complexity index is 1170. The summed E-state index contributed by atoms with van der Waals surface area (Å²) in [6.07, 6.45) is 0. The van der Waals surface area contributed by atoms with E-state index in [1.165, 1.54) is 6.07 Å². The molecule has 0 fully saturated rings. The molecule has 6 heteroatoms. The highest BCUT2D eigenvalue weighted by atomic mass is 16.6. The van der Waals surface area contributed by atoms with Crippen LogP contribution in [-0.4, -0.2) is 11.6 Å². The highest BCUT2D eigenvalue weighted by molar-refractivity contribution is 5.95. The zero-order valence-corrected chi connectivity index (χ0v) is 17.5. The average molecular weight is 392 g/mol. The van der Waals surface area contributed by atoms with Gasteiger partial charge in [-0.15, -0.1) is 0 Å². The Morgan fingerprint density at radius 1 is 1.21 bits per heavy atom. The van der Waals surface area contributed by atoms with Crippen molar-refractivity contribution in [3.63, 3.8) is 0 Å². The van der Waals surface area contributed by atoms with Crippen LogP contribution in [0.25, 0.3) is 11.0 Å². The number of carbonyl (C=O) groups is 1. The molecule has 0 saturated heterocycles. The molecular formula is C23H24N2O4. The molecule has 1 unspecified atom stereocenters. The number of hydrogen-bond acceptors (Lipinski definition) is 6. The number of fused-ring (bicyclic) bond motifs is 1. The second kappa shape index (κ2) is 7.25. The normalized spacial score (nSPS) is 17.2. The molecular weight excluding hydrogens is 368 g/mol. The predicted molar refractivity (Wildman–Crippen MR) is 110 cm³/mol. The molecule has 0 bridgehead atoms. The first-order valence-corrected chi connectivity index (χ1v) is 9.39. The average Bonchev–Trinajstić information content (AvgIpc) is 2.59. The SMILES string of the molecule is CC1=C(C#N)C(c2cccc3c(=O)cc(C)oc23)C(C(=O)OC(C)(C)C)=C(C)N1. The number of carbonyl (C=O) groups excluding carboxylic acids is 1. The minimum atomic E-state index is -0.704. The molecule has 0 amide bonds.